The maximum absolute atomic E-state index is 14.1. The van der Waals surface area contributed by atoms with E-state index in [1.807, 2.05) is 19.1 Å². The van der Waals surface area contributed by atoms with E-state index in [1.54, 1.807) is 6.20 Å². The molecule has 0 spiro atoms. The van der Waals surface area contributed by atoms with Crippen LogP contribution in [0.2, 0.25) is 0 Å². The van der Waals surface area contributed by atoms with Gasteiger partial charge in [-0.1, -0.05) is 54.6 Å². The number of rotatable bonds is 10. The number of ether oxygens (including phenoxy) is 1. The van der Waals surface area contributed by atoms with Crippen LogP contribution < -0.4 is 10.1 Å². The number of carboxylic acids is 1. The van der Waals surface area contributed by atoms with Gasteiger partial charge in [0.1, 0.15) is 6.61 Å². The average molecular weight is 514 g/mol. The number of carbonyl (C=O) groups excluding carboxylic acids is 1. The minimum absolute atomic E-state index is 0.0648. The SMILES string of the molecule is Cc1c(CN(C(=O)[C@H]2CNCC[C@@H]2c2cccc(-c3ccccc3)c2)C2CC2)ccnc1OCCC(=O)O. The summed E-state index contributed by atoms with van der Waals surface area (Å²) in [5.74, 6) is -0.263. The minimum atomic E-state index is -0.908. The zero-order valence-electron chi connectivity index (χ0n) is 21.8. The molecule has 0 bridgehead atoms. The summed E-state index contributed by atoms with van der Waals surface area (Å²) in [7, 11) is 0. The molecule has 0 radical (unpaired) electrons. The fraction of sp³-hybridized carbons (Fsp3) is 0.387. The van der Waals surface area contributed by atoms with E-state index in [0.29, 0.717) is 19.0 Å². The number of piperidine rings is 1. The zero-order valence-corrected chi connectivity index (χ0v) is 21.8. The largest absolute Gasteiger partial charge is 0.481 e. The number of hydrogen-bond acceptors (Lipinski definition) is 5. The number of hydrogen-bond donors (Lipinski definition) is 2. The number of aliphatic carboxylic acids is 1. The Kier molecular flexibility index (Phi) is 8.03. The van der Waals surface area contributed by atoms with Crippen LogP contribution in [0.4, 0.5) is 0 Å². The zero-order chi connectivity index (χ0) is 26.5. The van der Waals surface area contributed by atoms with Crippen molar-refractivity contribution in [2.45, 2.75) is 51.1 Å². The maximum Gasteiger partial charge on any atom is 0.306 e. The van der Waals surface area contributed by atoms with Crippen LogP contribution in [0.5, 0.6) is 5.88 Å². The fourth-order valence-corrected chi connectivity index (χ4v) is 5.37. The highest BCUT2D eigenvalue weighted by Crippen LogP contribution is 2.37. The number of benzene rings is 2. The van der Waals surface area contributed by atoms with Crippen LogP contribution in [0.1, 0.15) is 48.3 Å². The van der Waals surface area contributed by atoms with Gasteiger partial charge in [-0.15, -0.1) is 0 Å². The van der Waals surface area contributed by atoms with Crippen molar-refractivity contribution in [3.63, 3.8) is 0 Å². The smallest absolute Gasteiger partial charge is 0.306 e. The van der Waals surface area contributed by atoms with Gasteiger partial charge in [0.15, 0.2) is 0 Å². The fourth-order valence-electron chi connectivity index (χ4n) is 5.37. The van der Waals surface area contributed by atoms with Crippen molar-refractivity contribution in [1.82, 2.24) is 15.2 Å². The van der Waals surface area contributed by atoms with Gasteiger partial charge in [-0.05, 0) is 67.0 Å². The molecule has 7 heteroatoms. The third-order valence-corrected chi connectivity index (χ3v) is 7.66. The van der Waals surface area contributed by atoms with Gasteiger partial charge in [-0.25, -0.2) is 4.98 Å². The molecule has 7 nitrogen and oxygen atoms in total. The number of carboxylic acid groups (broad SMARTS) is 1. The number of pyridine rings is 1. The van der Waals surface area contributed by atoms with Gasteiger partial charge in [0.25, 0.3) is 0 Å². The van der Waals surface area contributed by atoms with Crippen LogP contribution in [-0.4, -0.2) is 52.6 Å². The Morgan fingerprint density at radius 1 is 1.05 bits per heavy atom. The third kappa shape index (κ3) is 6.05. The second-order valence-corrected chi connectivity index (χ2v) is 10.3. The van der Waals surface area contributed by atoms with Gasteiger partial charge in [0, 0.05) is 30.9 Å². The van der Waals surface area contributed by atoms with Gasteiger partial charge in [-0.2, -0.15) is 0 Å². The molecule has 1 amide bonds. The quantitative estimate of drug-likeness (QED) is 0.405. The van der Waals surface area contributed by atoms with Crippen LogP contribution in [0, 0.1) is 12.8 Å². The average Bonchev–Trinajstić information content (AvgIpc) is 3.79. The van der Waals surface area contributed by atoms with Gasteiger partial charge < -0.3 is 20.1 Å². The molecule has 1 saturated carbocycles. The molecule has 2 aromatic carbocycles. The van der Waals surface area contributed by atoms with E-state index in [2.05, 4.69) is 63.7 Å². The Morgan fingerprint density at radius 2 is 1.84 bits per heavy atom. The van der Waals surface area contributed by atoms with E-state index < -0.39 is 5.97 Å². The lowest BCUT2D eigenvalue weighted by Gasteiger charge is -2.36. The lowest BCUT2D eigenvalue weighted by Crippen LogP contribution is -2.47. The molecule has 38 heavy (non-hydrogen) atoms. The standard InChI is InChI=1S/C31H35N3O4/c1-21-25(12-16-33-30(21)38-17-14-29(35)36)20-34(26-10-11-26)31(37)28-19-32-15-13-27(28)24-9-5-8-23(18-24)22-6-3-2-4-7-22/h2-9,12,16,18,26-28,32H,10-11,13-15,17,19-20H2,1H3,(H,35,36)/t27-,28+/m1/s1. The predicted molar refractivity (Wildman–Crippen MR) is 146 cm³/mol. The number of carbonyl (C=O) groups is 2. The normalized spacial score (nSPS) is 19.1. The molecule has 2 N–H and O–H groups in total. The monoisotopic (exact) mass is 513 g/mol. The molecule has 198 valence electrons. The van der Waals surface area contributed by atoms with E-state index in [-0.39, 0.29) is 36.8 Å². The maximum atomic E-state index is 14.1. The van der Waals surface area contributed by atoms with E-state index in [0.717, 1.165) is 36.9 Å². The molecule has 5 rings (SSSR count). The molecular formula is C31H35N3O4. The van der Waals surface area contributed by atoms with Gasteiger partial charge in [0.2, 0.25) is 11.8 Å². The van der Waals surface area contributed by atoms with Crippen LogP contribution in [0.3, 0.4) is 0 Å². The van der Waals surface area contributed by atoms with Gasteiger partial charge in [-0.3, -0.25) is 9.59 Å². The van der Waals surface area contributed by atoms with Crippen LogP contribution >= 0.6 is 0 Å². The van der Waals surface area contributed by atoms with Crippen molar-refractivity contribution in [3.05, 3.63) is 83.6 Å². The van der Waals surface area contributed by atoms with Crippen molar-refractivity contribution in [2.75, 3.05) is 19.7 Å². The Balaban J connectivity index is 1.36. The summed E-state index contributed by atoms with van der Waals surface area (Å²) in [5, 5.41) is 12.4. The van der Waals surface area contributed by atoms with Crippen LogP contribution in [0.25, 0.3) is 11.1 Å². The molecule has 1 saturated heterocycles. The van der Waals surface area contributed by atoms with E-state index >= 15 is 0 Å². The number of aromatic nitrogens is 1. The highest BCUT2D eigenvalue weighted by atomic mass is 16.5. The van der Waals surface area contributed by atoms with Gasteiger partial charge >= 0.3 is 5.97 Å². The highest BCUT2D eigenvalue weighted by Gasteiger charge is 2.40. The van der Waals surface area contributed by atoms with Gasteiger partial charge in [0.05, 0.1) is 12.3 Å². The van der Waals surface area contributed by atoms with Crippen molar-refractivity contribution in [2.24, 2.45) is 5.92 Å². The summed E-state index contributed by atoms with van der Waals surface area (Å²) < 4.78 is 5.64. The third-order valence-electron chi connectivity index (χ3n) is 7.66. The second kappa shape index (κ2) is 11.8. The topological polar surface area (TPSA) is 91.8 Å². The molecule has 3 aromatic rings. The Morgan fingerprint density at radius 3 is 2.61 bits per heavy atom. The first-order valence-electron chi connectivity index (χ1n) is 13.5. The van der Waals surface area contributed by atoms with Crippen molar-refractivity contribution in [3.8, 4) is 17.0 Å². The number of nitrogens with zero attached hydrogens (tertiary/aromatic N) is 2. The molecule has 2 aliphatic rings. The summed E-state index contributed by atoms with van der Waals surface area (Å²) in [4.78, 5) is 31.3. The summed E-state index contributed by atoms with van der Waals surface area (Å²) in [6.07, 6.45) is 4.55. The lowest BCUT2D eigenvalue weighted by molar-refractivity contribution is -0.138. The first-order chi connectivity index (χ1) is 18.5. The van der Waals surface area contributed by atoms with Crippen molar-refractivity contribution in [1.29, 1.82) is 0 Å². The highest BCUT2D eigenvalue weighted by molar-refractivity contribution is 5.81. The molecule has 2 atom stereocenters. The molecule has 1 aliphatic heterocycles. The predicted octanol–water partition coefficient (Wildman–Crippen LogP) is 4.79. The van der Waals surface area contributed by atoms with Crippen molar-refractivity contribution < 1.29 is 19.4 Å². The lowest BCUT2D eigenvalue weighted by atomic mass is 9.79. The van der Waals surface area contributed by atoms with E-state index in [4.69, 9.17) is 9.84 Å². The Labute approximate surface area is 223 Å². The Hall–Kier alpha value is -3.71. The summed E-state index contributed by atoms with van der Waals surface area (Å²) in [6.45, 7) is 4.05. The first-order valence-corrected chi connectivity index (χ1v) is 13.5. The van der Waals surface area contributed by atoms with Crippen molar-refractivity contribution >= 4 is 11.9 Å². The van der Waals surface area contributed by atoms with E-state index in [1.165, 1.54) is 16.7 Å². The van der Waals surface area contributed by atoms with Crippen LogP contribution in [0.15, 0.2) is 66.9 Å². The molecule has 2 fully saturated rings. The minimum Gasteiger partial charge on any atom is -0.481 e. The molecule has 1 aromatic heterocycles. The number of amides is 1. The molecule has 0 unspecified atom stereocenters. The molecule has 2 heterocycles. The molecule has 1 aliphatic carbocycles. The second-order valence-electron chi connectivity index (χ2n) is 10.3. The molecular weight excluding hydrogens is 478 g/mol. The number of nitrogens with one attached hydrogen (secondary N) is 1. The van der Waals surface area contributed by atoms with E-state index in [9.17, 15) is 9.59 Å². The summed E-state index contributed by atoms with van der Waals surface area (Å²) in [6, 6.07) is 21.2. The summed E-state index contributed by atoms with van der Waals surface area (Å²) >= 11 is 0. The Bertz CT molecular complexity index is 1280. The first kappa shape index (κ1) is 25.9. The summed E-state index contributed by atoms with van der Waals surface area (Å²) in [5.41, 5.74) is 5.41. The van der Waals surface area contributed by atoms with Crippen LogP contribution in [-0.2, 0) is 16.1 Å².